The Bertz CT molecular complexity index is 702. The smallest absolute Gasteiger partial charge is 0.132 e. The molecule has 2 aromatic carbocycles. The van der Waals surface area contributed by atoms with Gasteiger partial charge in [-0.15, -0.1) is 0 Å². The van der Waals surface area contributed by atoms with Crippen LogP contribution >= 0.6 is 0 Å². The standard InChI is InChI=1S/C15H10F2N2/c16-11-5-7-12(8-6-11)19-10-9-15(18-19)13-3-1-2-4-14(13)17/h1-10H. The molecule has 3 aromatic rings. The number of aromatic nitrogens is 2. The molecule has 0 radical (unpaired) electrons. The van der Waals surface area contributed by atoms with Gasteiger partial charge in [0.2, 0.25) is 0 Å². The monoisotopic (exact) mass is 256 g/mol. The lowest BCUT2D eigenvalue weighted by atomic mass is 10.1. The van der Waals surface area contributed by atoms with E-state index >= 15 is 0 Å². The summed E-state index contributed by atoms with van der Waals surface area (Å²) in [6.45, 7) is 0. The van der Waals surface area contributed by atoms with E-state index < -0.39 is 0 Å². The molecule has 0 amide bonds. The van der Waals surface area contributed by atoms with E-state index in [0.29, 0.717) is 11.3 Å². The number of halogens is 2. The van der Waals surface area contributed by atoms with Crippen molar-refractivity contribution < 1.29 is 8.78 Å². The summed E-state index contributed by atoms with van der Waals surface area (Å²) in [5, 5.41) is 4.30. The third kappa shape index (κ3) is 2.25. The molecule has 0 aliphatic rings. The predicted octanol–water partition coefficient (Wildman–Crippen LogP) is 3.82. The van der Waals surface area contributed by atoms with Crippen molar-refractivity contribution in [2.45, 2.75) is 0 Å². The molecule has 2 nitrogen and oxygen atoms in total. The van der Waals surface area contributed by atoms with Crippen molar-refractivity contribution in [2.24, 2.45) is 0 Å². The summed E-state index contributed by atoms with van der Waals surface area (Å²) in [6.07, 6.45) is 1.72. The van der Waals surface area contributed by atoms with Gasteiger partial charge in [0.25, 0.3) is 0 Å². The Kier molecular flexibility index (Phi) is 2.83. The summed E-state index contributed by atoms with van der Waals surface area (Å²) < 4.78 is 28.1. The normalized spacial score (nSPS) is 10.6. The number of hydrogen-bond acceptors (Lipinski definition) is 1. The molecule has 94 valence electrons. The van der Waals surface area contributed by atoms with Gasteiger partial charge in [-0.25, -0.2) is 13.5 Å². The van der Waals surface area contributed by atoms with E-state index in [1.54, 1.807) is 47.3 Å². The lowest BCUT2D eigenvalue weighted by molar-refractivity contribution is 0.627. The second kappa shape index (κ2) is 4.65. The van der Waals surface area contributed by atoms with E-state index in [2.05, 4.69) is 5.10 Å². The van der Waals surface area contributed by atoms with Gasteiger partial charge >= 0.3 is 0 Å². The maximum Gasteiger partial charge on any atom is 0.132 e. The lowest BCUT2D eigenvalue weighted by Crippen LogP contribution is -1.95. The molecule has 0 spiro atoms. The van der Waals surface area contributed by atoms with Gasteiger partial charge in [-0.1, -0.05) is 12.1 Å². The van der Waals surface area contributed by atoms with Crippen molar-refractivity contribution in [3.63, 3.8) is 0 Å². The van der Waals surface area contributed by atoms with E-state index in [9.17, 15) is 8.78 Å². The summed E-state index contributed by atoms with van der Waals surface area (Å²) in [4.78, 5) is 0. The van der Waals surface area contributed by atoms with Crippen LogP contribution in [0.4, 0.5) is 8.78 Å². The van der Waals surface area contributed by atoms with Crippen LogP contribution in [0.15, 0.2) is 60.8 Å². The van der Waals surface area contributed by atoms with Crippen molar-refractivity contribution in [3.8, 4) is 16.9 Å². The van der Waals surface area contributed by atoms with Crippen LogP contribution in [0, 0.1) is 11.6 Å². The average Bonchev–Trinajstić information content (AvgIpc) is 2.89. The van der Waals surface area contributed by atoms with E-state index in [4.69, 9.17) is 0 Å². The molecule has 0 bridgehead atoms. The molecular formula is C15H10F2N2. The first-order chi connectivity index (χ1) is 9.24. The fourth-order valence-corrected chi connectivity index (χ4v) is 1.87. The van der Waals surface area contributed by atoms with Crippen molar-refractivity contribution in [1.82, 2.24) is 9.78 Å². The van der Waals surface area contributed by atoms with Crippen LogP contribution in [0.1, 0.15) is 0 Å². The van der Waals surface area contributed by atoms with Gasteiger partial charge in [-0.3, -0.25) is 0 Å². The molecule has 1 aromatic heterocycles. The highest BCUT2D eigenvalue weighted by Gasteiger charge is 2.08. The third-order valence-electron chi connectivity index (χ3n) is 2.83. The molecule has 0 aliphatic carbocycles. The Balaban J connectivity index is 2.00. The van der Waals surface area contributed by atoms with Crippen LogP contribution in [-0.4, -0.2) is 9.78 Å². The van der Waals surface area contributed by atoms with Gasteiger partial charge in [0.05, 0.1) is 11.4 Å². The first-order valence-electron chi connectivity index (χ1n) is 5.80. The van der Waals surface area contributed by atoms with Gasteiger partial charge in [-0.05, 0) is 42.5 Å². The molecule has 0 saturated carbocycles. The fourth-order valence-electron chi connectivity index (χ4n) is 1.87. The zero-order valence-electron chi connectivity index (χ0n) is 9.92. The van der Waals surface area contributed by atoms with Crippen LogP contribution in [0.5, 0.6) is 0 Å². The zero-order valence-corrected chi connectivity index (χ0v) is 9.92. The lowest BCUT2D eigenvalue weighted by Gasteiger charge is -2.01. The van der Waals surface area contributed by atoms with Crippen LogP contribution < -0.4 is 0 Å². The minimum absolute atomic E-state index is 0.301. The molecular weight excluding hydrogens is 246 g/mol. The second-order valence-corrected chi connectivity index (χ2v) is 4.10. The minimum Gasteiger partial charge on any atom is -0.240 e. The predicted molar refractivity (Wildman–Crippen MR) is 68.9 cm³/mol. The van der Waals surface area contributed by atoms with E-state index in [1.807, 2.05) is 0 Å². The average molecular weight is 256 g/mol. The Labute approximate surface area is 108 Å². The molecule has 0 fully saturated rings. The number of hydrogen-bond donors (Lipinski definition) is 0. The molecule has 4 heteroatoms. The maximum atomic E-state index is 13.6. The molecule has 0 saturated heterocycles. The third-order valence-corrected chi connectivity index (χ3v) is 2.83. The summed E-state index contributed by atoms with van der Waals surface area (Å²) in [5.41, 5.74) is 1.72. The van der Waals surface area contributed by atoms with Gasteiger partial charge in [-0.2, -0.15) is 5.10 Å². The molecule has 3 rings (SSSR count). The van der Waals surface area contributed by atoms with E-state index in [0.717, 1.165) is 5.69 Å². The number of nitrogens with zero attached hydrogens (tertiary/aromatic N) is 2. The molecule has 19 heavy (non-hydrogen) atoms. The largest absolute Gasteiger partial charge is 0.240 e. The Morgan fingerprint density at radius 2 is 1.58 bits per heavy atom. The van der Waals surface area contributed by atoms with Gasteiger partial charge in [0, 0.05) is 11.8 Å². The summed E-state index contributed by atoms with van der Waals surface area (Å²) >= 11 is 0. The first kappa shape index (κ1) is 11.6. The Morgan fingerprint density at radius 3 is 2.32 bits per heavy atom. The second-order valence-electron chi connectivity index (χ2n) is 4.10. The minimum atomic E-state index is -0.313. The topological polar surface area (TPSA) is 17.8 Å². The van der Waals surface area contributed by atoms with Gasteiger partial charge < -0.3 is 0 Å². The van der Waals surface area contributed by atoms with Crippen molar-refractivity contribution in [2.75, 3.05) is 0 Å². The van der Waals surface area contributed by atoms with E-state index in [1.165, 1.54) is 18.2 Å². The van der Waals surface area contributed by atoms with Crippen molar-refractivity contribution in [3.05, 3.63) is 72.4 Å². The molecule has 0 aliphatic heterocycles. The van der Waals surface area contributed by atoms with E-state index in [-0.39, 0.29) is 11.6 Å². The zero-order chi connectivity index (χ0) is 13.2. The number of benzene rings is 2. The van der Waals surface area contributed by atoms with Crippen LogP contribution in [0.3, 0.4) is 0 Å². The van der Waals surface area contributed by atoms with Crippen LogP contribution in [0.25, 0.3) is 16.9 Å². The highest BCUT2D eigenvalue weighted by molar-refractivity contribution is 5.59. The van der Waals surface area contributed by atoms with Crippen LogP contribution in [-0.2, 0) is 0 Å². The SMILES string of the molecule is Fc1ccc(-n2ccc(-c3ccccc3F)n2)cc1. The van der Waals surface area contributed by atoms with Gasteiger partial charge in [0.15, 0.2) is 0 Å². The highest BCUT2D eigenvalue weighted by atomic mass is 19.1. The highest BCUT2D eigenvalue weighted by Crippen LogP contribution is 2.21. The molecule has 1 heterocycles. The van der Waals surface area contributed by atoms with Crippen molar-refractivity contribution in [1.29, 1.82) is 0 Å². The molecule has 0 unspecified atom stereocenters. The Hall–Kier alpha value is -2.49. The molecule has 0 N–H and O–H groups in total. The number of rotatable bonds is 2. The first-order valence-corrected chi connectivity index (χ1v) is 5.80. The summed E-state index contributed by atoms with van der Waals surface area (Å²) in [7, 11) is 0. The van der Waals surface area contributed by atoms with Gasteiger partial charge in [0.1, 0.15) is 11.6 Å². The maximum absolute atomic E-state index is 13.6. The molecule has 0 atom stereocenters. The fraction of sp³-hybridized carbons (Fsp3) is 0. The van der Waals surface area contributed by atoms with Crippen LogP contribution in [0.2, 0.25) is 0 Å². The van der Waals surface area contributed by atoms with Crippen molar-refractivity contribution >= 4 is 0 Å². The summed E-state index contributed by atoms with van der Waals surface area (Å²) in [6, 6.07) is 14.1. The quantitative estimate of drug-likeness (QED) is 0.681. The Morgan fingerprint density at radius 1 is 0.842 bits per heavy atom. The summed E-state index contributed by atoms with van der Waals surface area (Å²) in [5.74, 6) is -0.614.